The fourth-order valence-electron chi connectivity index (χ4n) is 2.40. The van der Waals surface area contributed by atoms with Gasteiger partial charge >= 0.3 is 0 Å². The van der Waals surface area contributed by atoms with Gasteiger partial charge in [0.1, 0.15) is 0 Å². The lowest BCUT2D eigenvalue weighted by molar-refractivity contribution is -0.126. The van der Waals surface area contributed by atoms with E-state index in [0.717, 1.165) is 18.5 Å². The van der Waals surface area contributed by atoms with Gasteiger partial charge in [-0.15, -0.1) is 0 Å². The molecule has 1 atom stereocenters. The third-order valence-corrected chi connectivity index (χ3v) is 3.77. The van der Waals surface area contributed by atoms with E-state index in [-0.39, 0.29) is 17.7 Å². The number of hydrogen-bond donors (Lipinski definition) is 1. The van der Waals surface area contributed by atoms with Gasteiger partial charge in [-0.3, -0.25) is 9.59 Å². The molecule has 1 aliphatic carbocycles. The van der Waals surface area contributed by atoms with Crippen LogP contribution < -0.4 is 10.2 Å². The predicted octanol–water partition coefficient (Wildman–Crippen LogP) is 1.63. The first kappa shape index (κ1) is 12.2. The molecule has 2 amide bonds. The molecular formula is C15H18N2O2. The molecule has 1 aromatic rings. The van der Waals surface area contributed by atoms with Gasteiger partial charge in [0.15, 0.2) is 0 Å². The Morgan fingerprint density at radius 1 is 1.26 bits per heavy atom. The zero-order valence-electron chi connectivity index (χ0n) is 11.1. The maximum absolute atomic E-state index is 12.0. The molecule has 4 nitrogen and oxygen atoms in total. The number of hydrogen-bond acceptors (Lipinski definition) is 2. The number of rotatable bonds is 3. The van der Waals surface area contributed by atoms with Crippen LogP contribution in [0.4, 0.5) is 5.69 Å². The van der Waals surface area contributed by atoms with Gasteiger partial charge in [0.05, 0.1) is 5.92 Å². The van der Waals surface area contributed by atoms with Crippen molar-refractivity contribution in [2.45, 2.75) is 32.2 Å². The van der Waals surface area contributed by atoms with E-state index in [1.807, 2.05) is 31.2 Å². The molecule has 1 saturated carbocycles. The topological polar surface area (TPSA) is 49.4 Å². The van der Waals surface area contributed by atoms with Crippen molar-refractivity contribution in [1.29, 1.82) is 0 Å². The van der Waals surface area contributed by atoms with E-state index < -0.39 is 0 Å². The Morgan fingerprint density at radius 3 is 2.58 bits per heavy atom. The van der Waals surface area contributed by atoms with Crippen molar-refractivity contribution in [3.8, 4) is 0 Å². The maximum Gasteiger partial charge on any atom is 0.227 e. The first-order valence-corrected chi connectivity index (χ1v) is 6.81. The summed E-state index contributed by atoms with van der Waals surface area (Å²) in [6.07, 6.45) is 2.48. The van der Waals surface area contributed by atoms with Crippen molar-refractivity contribution < 1.29 is 9.59 Å². The van der Waals surface area contributed by atoms with E-state index in [2.05, 4.69) is 5.32 Å². The van der Waals surface area contributed by atoms with Crippen LogP contribution in [-0.2, 0) is 9.59 Å². The summed E-state index contributed by atoms with van der Waals surface area (Å²) in [5.74, 6) is -0.125. The first-order chi connectivity index (χ1) is 9.13. The molecule has 2 aliphatic rings. The van der Waals surface area contributed by atoms with Gasteiger partial charge in [0, 0.05) is 24.7 Å². The van der Waals surface area contributed by atoms with Crippen LogP contribution in [0.1, 0.15) is 24.8 Å². The molecule has 0 aromatic heterocycles. The standard InChI is InChI=1S/C15H18N2O2/c1-10-2-6-13(7-3-10)17-9-11(8-14(17)18)15(19)16-12-4-5-12/h2-3,6-7,11-12H,4-5,8-9H2,1H3,(H,16,19)/t11-/m1/s1. The number of anilines is 1. The van der Waals surface area contributed by atoms with E-state index >= 15 is 0 Å². The zero-order valence-corrected chi connectivity index (χ0v) is 11.1. The van der Waals surface area contributed by atoms with Crippen LogP contribution in [0.25, 0.3) is 0 Å². The summed E-state index contributed by atoms with van der Waals surface area (Å²) >= 11 is 0. The molecule has 3 rings (SSSR count). The summed E-state index contributed by atoms with van der Waals surface area (Å²) in [6, 6.07) is 8.21. The second-order valence-corrected chi connectivity index (χ2v) is 5.52. The van der Waals surface area contributed by atoms with Crippen LogP contribution in [0.5, 0.6) is 0 Å². The quantitative estimate of drug-likeness (QED) is 0.895. The summed E-state index contributed by atoms with van der Waals surface area (Å²) in [6.45, 7) is 2.52. The third-order valence-electron chi connectivity index (χ3n) is 3.77. The first-order valence-electron chi connectivity index (χ1n) is 6.81. The third kappa shape index (κ3) is 2.62. The maximum atomic E-state index is 12.0. The molecule has 1 heterocycles. The molecule has 0 unspecified atom stereocenters. The lowest BCUT2D eigenvalue weighted by Crippen LogP contribution is -2.34. The number of benzene rings is 1. The Bertz CT molecular complexity index is 505. The molecule has 1 N–H and O–H groups in total. The van der Waals surface area contributed by atoms with E-state index in [4.69, 9.17) is 0 Å². The largest absolute Gasteiger partial charge is 0.353 e. The Hall–Kier alpha value is -1.84. The second-order valence-electron chi connectivity index (χ2n) is 5.52. The molecular weight excluding hydrogens is 240 g/mol. The normalized spacial score (nSPS) is 22.7. The number of amides is 2. The molecule has 1 saturated heterocycles. The number of aryl methyl sites for hydroxylation is 1. The van der Waals surface area contributed by atoms with Crippen LogP contribution in [-0.4, -0.2) is 24.4 Å². The van der Waals surface area contributed by atoms with Gasteiger partial charge in [-0.1, -0.05) is 17.7 Å². The lowest BCUT2D eigenvalue weighted by Gasteiger charge is -2.16. The lowest BCUT2D eigenvalue weighted by atomic mass is 10.1. The van der Waals surface area contributed by atoms with E-state index in [1.54, 1.807) is 4.90 Å². The molecule has 4 heteroatoms. The van der Waals surface area contributed by atoms with Crippen LogP contribution in [0.15, 0.2) is 24.3 Å². The molecule has 100 valence electrons. The zero-order chi connectivity index (χ0) is 13.4. The smallest absolute Gasteiger partial charge is 0.227 e. The highest BCUT2D eigenvalue weighted by Gasteiger charge is 2.36. The molecule has 0 radical (unpaired) electrons. The molecule has 1 aromatic carbocycles. The van der Waals surface area contributed by atoms with Crippen LogP contribution in [0, 0.1) is 12.8 Å². The summed E-state index contributed by atoms with van der Waals surface area (Å²) in [4.78, 5) is 25.7. The molecule has 0 spiro atoms. The van der Waals surface area contributed by atoms with Gasteiger partial charge in [0.25, 0.3) is 0 Å². The molecule has 19 heavy (non-hydrogen) atoms. The SMILES string of the molecule is Cc1ccc(N2C[C@H](C(=O)NC3CC3)CC2=O)cc1. The van der Waals surface area contributed by atoms with Crippen molar-refractivity contribution in [2.24, 2.45) is 5.92 Å². The minimum Gasteiger partial charge on any atom is -0.353 e. The number of nitrogens with zero attached hydrogens (tertiary/aromatic N) is 1. The minimum atomic E-state index is -0.200. The fourth-order valence-corrected chi connectivity index (χ4v) is 2.40. The Morgan fingerprint density at radius 2 is 1.95 bits per heavy atom. The van der Waals surface area contributed by atoms with Crippen LogP contribution in [0.2, 0.25) is 0 Å². The average Bonchev–Trinajstić information content (AvgIpc) is 3.11. The van der Waals surface area contributed by atoms with E-state index in [0.29, 0.717) is 19.0 Å². The molecule has 2 fully saturated rings. The van der Waals surface area contributed by atoms with Gasteiger partial charge in [-0.25, -0.2) is 0 Å². The second kappa shape index (κ2) is 4.68. The minimum absolute atomic E-state index is 0.0328. The number of carbonyl (C=O) groups excluding carboxylic acids is 2. The van der Waals surface area contributed by atoms with Gasteiger partial charge in [0.2, 0.25) is 11.8 Å². The van der Waals surface area contributed by atoms with E-state index in [9.17, 15) is 9.59 Å². The fraction of sp³-hybridized carbons (Fsp3) is 0.467. The predicted molar refractivity (Wildman–Crippen MR) is 72.8 cm³/mol. The van der Waals surface area contributed by atoms with Crippen molar-refractivity contribution in [2.75, 3.05) is 11.4 Å². The monoisotopic (exact) mass is 258 g/mol. The average molecular weight is 258 g/mol. The van der Waals surface area contributed by atoms with Crippen LogP contribution >= 0.6 is 0 Å². The highest BCUT2D eigenvalue weighted by atomic mass is 16.2. The summed E-state index contributed by atoms with van der Waals surface area (Å²) < 4.78 is 0. The van der Waals surface area contributed by atoms with Gasteiger partial charge in [-0.2, -0.15) is 0 Å². The number of nitrogens with one attached hydrogen (secondary N) is 1. The van der Waals surface area contributed by atoms with Crippen molar-refractivity contribution in [1.82, 2.24) is 5.32 Å². The highest BCUT2D eigenvalue weighted by molar-refractivity contribution is 6.00. The molecule has 1 aliphatic heterocycles. The van der Waals surface area contributed by atoms with Crippen LogP contribution in [0.3, 0.4) is 0 Å². The summed E-state index contributed by atoms with van der Waals surface area (Å²) in [5, 5.41) is 2.98. The van der Waals surface area contributed by atoms with Crippen molar-refractivity contribution in [3.05, 3.63) is 29.8 Å². The number of carbonyl (C=O) groups is 2. The highest BCUT2D eigenvalue weighted by Crippen LogP contribution is 2.27. The Kier molecular flexibility index (Phi) is 3.01. The van der Waals surface area contributed by atoms with Gasteiger partial charge < -0.3 is 10.2 Å². The molecule has 0 bridgehead atoms. The summed E-state index contributed by atoms with van der Waals surface area (Å²) in [5.41, 5.74) is 2.05. The summed E-state index contributed by atoms with van der Waals surface area (Å²) in [7, 11) is 0. The Balaban J connectivity index is 1.68. The Labute approximate surface area is 112 Å². The van der Waals surface area contributed by atoms with E-state index in [1.165, 1.54) is 5.56 Å². The van der Waals surface area contributed by atoms with Crippen molar-refractivity contribution >= 4 is 17.5 Å². The van der Waals surface area contributed by atoms with Gasteiger partial charge in [-0.05, 0) is 31.9 Å². The van der Waals surface area contributed by atoms with Crippen molar-refractivity contribution in [3.63, 3.8) is 0 Å².